The van der Waals surface area contributed by atoms with Crippen molar-refractivity contribution < 1.29 is 9.47 Å². The lowest BCUT2D eigenvalue weighted by atomic mass is 10.0. The molecule has 0 radical (unpaired) electrons. The predicted octanol–water partition coefficient (Wildman–Crippen LogP) is 0.917. The van der Waals surface area contributed by atoms with Crippen molar-refractivity contribution in [3.63, 3.8) is 0 Å². The molecule has 2 N–H and O–H groups in total. The minimum atomic E-state index is -0.0487. The summed E-state index contributed by atoms with van der Waals surface area (Å²) in [6.07, 6.45) is 2.26. The van der Waals surface area contributed by atoms with E-state index in [-0.39, 0.29) is 29.6 Å². The van der Waals surface area contributed by atoms with Gasteiger partial charge < -0.3 is 25.0 Å². The number of nitrogens with one attached hydrogen (secondary N) is 2. The Hall–Kier alpha value is -0.120. The maximum absolute atomic E-state index is 5.75. The average Bonchev–Trinajstić information content (AvgIpc) is 2.87. The summed E-state index contributed by atoms with van der Waals surface area (Å²) < 4.78 is 10.8. The maximum Gasteiger partial charge on any atom is 0.191 e. The van der Waals surface area contributed by atoms with Gasteiger partial charge in [-0.15, -0.1) is 24.0 Å². The molecule has 6 nitrogen and oxygen atoms in total. The molecule has 7 heteroatoms. The van der Waals surface area contributed by atoms with Crippen LogP contribution in [0.1, 0.15) is 19.8 Å². The first-order chi connectivity index (χ1) is 9.59. The lowest BCUT2D eigenvalue weighted by Gasteiger charge is -2.25. The topological polar surface area (TPSA) is 58.1 Å². The summed E-state index contributed by atoms with van der Waals surface area (Å²) in [5.74, 6) is 0.835. The molecular weight excluding hydrogens is 383 g/mol. The van der Waals surface area contributed by atoms with Crippen LogP contribution in [0.25, 0.3) is 0 Å². The van der Waals surface area contributed by atoms with E-state index in [0.29, 0.717) is 0 Å². The molecule has 0 aromatic carbocycles. The normalized spacial score (nSPS) is 22.2. The van der Waals surface area contributed by atoms with Gasteiger partial charge in [0.2, 0.25) is 0 Å². The summed E-state index contributed by atoms with van der Waals surface area (Å²) in [5, 5.41) is 6.66. The van der Waals surface area contributed by atoms with Gasteiger partial charge in [0.1, 0.15) is 0 Å². The Labute approximate surface area is 146 Å². The molecule has 1 rings (SSSR count). The van der Waals surface area contributed by atoms with Crippen molar-refractivity contribution in [1.29, 1.82) is 0 Å². The number of hydrogen-bond donors (Lipinski definition) is 2. The first-order valence-electron chi connectivity index (χ1n) is 7.35. The van der Waals surface area contributed by atoms with Crippen LogP contribution in [0.2, 0.25) is 0 Å². The SMILES string of the molecule is CN=C(NCCN(C)CCOC)NCC1(C)CCCO1.I. The third-order valence-corrected chi connectivity index (χ3v) is 3.62. The third kappa shape index (κ3) is 8.80. The molecule has 1 aliphatic heterocycles. The molecule has 0 saturated carbocycles. The first kappa shape index (κ1) is 20.9. The molecule has 1 aliphatic rings. The Kier molecular flexibility index (Phi) is 11.4. The van der Waals surface area contributed by atoms with Crippen molar-refractivity contribution in [1.82, 2.24) is 15.5 Å². The van der Waals surface area contributed by atoms with Gasteiger partial charge in [0.15, 0.2) is 5.96 Å². The third-order valence-electron chi connectivity index (χ3n) is 3.62. The van der Waals surface area contributed by atoms with E-state index in [2.05, 4.69) is 34.5 Å². The van der Waals surface area contributed by atoms with Crippen LogP contribution in [0.4, 0.5) is 0 Å². The Morgan fingerprint density at radius 2 is 2.14 bits per heavy atom. The number of methoxy groups -OCH3 is 1. The van der Waals surface area contributed by atoms with E-state index in [1.165, 1.54) is 0 Å². The molecule has 0 bridgehead atoms. The van der Waals surface area contributed by atoms with Crippen LogP contribution in [-0.2, 0) is 9.47 Å². The number of likely N-dealkylation sites (N-methyl/N-ethyl adjacent to an activating group) is 1. The van der Waals surface area contributed by atoms with Gasteiger partial charge in [0.05, 0.1) is 12.2 Å². The summed E-state index contributed by atoms with van der Waals surface area (Å²) >= 11 is 0. The van der Waals surface area contributed by atoms with E-state index in [0.717, 1.165) is 58.2 Å². The number of nitrogens with zero attached hydrogens (tertiary/aromatic N) is 2. The smallest absolute Gasteiger partial charge is 0.191 e. The number of aliphatic imine (C=N–C) groups is 1. The molecule has 1 saturated heterocycles. The molecular formula is C14H31IN4O2. The van der Waals surface area contributed by atoms with Crippen LogP contribution < -0.4 is 10.6 Å². The van der Waals surface area contributed by atoms with Gasteiger partial charge in [-0.05, 0) is 26.8 Å². The van der Waals surface area contributed by atoms with Crippen LogP contribution in [-0.4, -0.2) is 77.1 Å². The summed E-state index contributed by atoms with van der Waals surface area (Å²) in [6.45, 7) is 7.34. The standard InChI is InChI=1S/C14H30N4O2.HI/c1-14(6-5-10-20-14)12-17-13(15-2)16-7-8-18(3)9-11-19-4;/h5-12H2,1-4H3,(H2,15,16,17);1H. The van der Waals surface area contributed by atoms with Crippen LogP contribution in [0.3, 0.4) is 0 Å². The molecule has 21 heavy (non-hydrogen) atoms. The monoisotopic (exact) mass is 414 g/mol. The van der Waals surface area contributed by atoms with E-state index in [1.54, 1.807) is 14.2 Å². The number of halogens is 1. The molecule has 0 amide bonds. The molecule has 0 aliphatic carbocycles. The van der Waals surface area contributed by atoms with Crippen LogP contribution in [0.15, 0.2) is 4.99 Å². The van der Waals surface area contributed by atoms with E-state index in [1.807, 2.05) is 0 Å². The molecule has 1 heterocycles. The fourth-order valence-corrected chi connectivity index (χ4v) is 2.19. The highest BCUT2D eigenvalue weighted by atomic mass is 127. The van der Waals surface area contributed by atoms with Crippen molar-refractivity contribution in [2.75, 3.05) is 60.6 Å². The molecule has 126 valence electrons. The van der Waals surface area contributed by atoms with Gasteiger partial charge in [-0.2, -0.15) is 0 Å². The zero-order valence-electron chi connectivity index (χ0n) is 13.8. The second-order valence-corrected chi connectivity index (χ2v) is 5.55. The van der Waals surface area contributed by atoms with Gasteiger partial charge in [-0.3, -0.25) is 4.99 Å². The van der Waals surface area contributed by atoms with Crippen molar-refractivity contribution >= 4 is 29.9 Å². The quantitative estimate of drug-likeness (QED) is 0.352. The highest BCUT2D eigenvalue weighted by Gasteiger charge is 2.29. The summed E-state index contributed by atoms with van der Waals surface area (Å²) in [6, 6.07) is 0. The van der Waals surface area contributed by atoms with E-state index < -0.39 is 0 Å². The van der Waals surface area contributed by atoms with Gasteiger partial charge in [-0.25, -0.2) is 0 Å². The van der Waals surface area contributed by atoms with Crippen LogP contribution in [0.5, 0.6) is 0 Å². The van der Waals surface area contributed by atoms with Gasteiger partial charge in [0, 0.05) is 46.9 Å². The lowest BCUT2D eigenvalue weighted by Crippen LogP contribution is -2.47. The minimum absolute atomic E-state index is 0. The van der Waals surface area contributed by atoms with Crippen LogP contribution >= 0.6 is 24.0 Å². The maximum atomic E-state index is 5.75. The van der Waals surface area contributed by atoms with Crippen molar-refractivity contribution in [2.24, 2.45) is 4.99 Å². The van der Waals surface area contributed by atoms with E-state index in [4.69, 9.17) is 9.47 Å². The van der Waals surface area contributed by atoms with Crippen molar-refractivity contribution in [2.45, 2.75) is 25.4 Å². The Bertz CT molecular complexity index is 297. The molecule has 1 fully saturated rings. The Morgan fingerprint density at radius 3 is 2.71 bits per heavy atom. The summed E-state index contributed by atoms with van der Waals surface area (Å²) in [7, 11) is 5.61. The molecule has 0 spiro atoms. The van der Waals surface area contributed by atoms with Gasteiger partial charge in [-0.1, -0.05) is 0 Å². The fraction of sp³-hybridized carbons (Fsp3) is 0.929. The van der Waals surface area contributed by atoms with Crippen LogP contribution in [0, 0.1) is 0 Å². The molecule has 0 aromatic rings. The Balaban J connectivity index is 0.00000400. The van der Waals surface area contributed by atoms with E-state index >= 15 is 0 Å². The molecule has 0 aromatic heterocycles. The number of rotatable bonds is 8. The highest BCUT2D eigenvalue weighted by Crippen LogP contribution is 2.23. The predicted molar refractivity (Wildman–Crippen MR) is 97.7 cm³/mol. The largest absolute Gasteiger partial charge is 0.383 e. The zero-order valence-corrected chi connectivity index (χ0v) is 16.1. The minimum Gasteiger partial charge on any atom is -0.383 e. The zero-order chi connectivity index (χ0) is 14.8. The lowest BCUT2D eigenvalue weighted by molar-refractivity contribution is 0.0243. The fourth-order valence-electron chi connectivity index (χ4n) is 2.19. The number of guanidine groups is 1. The van der Waals surface area contributed by atoms with E-state index in [9.17, 15) is 0 Å². The average molecular weight is 414 g/mol. The molecule has 1 atom stereocenters. The molecule has 1 unspecified atom stereocenters. The summed E-state index contributed by atoms with van der Waals surface area (Å²) in [4.78, 5) is 6.46. The first-order valence-corrected chi connectivity index (χ1v) is 7.35. The second kappa shape index (κ2) is 11.4. The number of ether oxygens (including phenoxy) is 2. The second-order valence-electron chi connectivity index (χ2n) is 5.55. The van der Waals surface area contributed by atoms with Gasteiger partial charge in [0.25, 0.3) is 0 Å². The number of hydrogen-bond acceptors (Lipinski definition) is 4. The Morgan fingerprint density at radius 1 is 1.38 bits per heavy atom. The van der Waals surface area contributed by atoms with Crippen molar-refractivity contribution in [3.8, 4) is 0 Å². The highest BCUT2D eigenvalue weighted by molar-refractivity contribution is 14.0. The van der Waals surface area contributed by atoms with Crippen molar-refractivity contribution in [3.05, 3.63) is 0 Å². The summed E-state index contributed by atoms with van der Waals surface area (Å²) in [5.41, 5.74) is -0.0487. The van der Waals surface area contributed by atoms with Gasteiger partial charge >= 0.3 is 0 Å².